The second-order valence-electron chi connectivity index (χ2n) is 5.88. The lowest BCUT2D eigenvalue weighted by Crippen LogP contribution is -1.97. The van der Waals surface area contributed by atoms with Gasteiger partial charge in [0, 0.05) is 23.3 Å². The summed E-state index contributed by atoms with van der Waals surface area (Å²) >= 11 is 0. The average molecular weight is 316 g/mol. The summed E-state index contributed by atoms with van der Waals surface area (Å²) in [7, 11) is 0. The lowest BCUT2D eigenvalue weighted by molar-refractivity contribution is 0.628. The summed E-state index contributed by atoms with van der Waals surface area (Å²) in [6.07, 6.45) is 2.08. The molecule has 4 rings (SSSR count). The van der Waals surface area contributed by atoms with Gasteiger partial charge in [-0.25, -0.2) is 4.39 Å². The molecule has 0 unspecified atom stereocenters. The van der Waals surface area contributed by atoms with Gasteiger partial charge in [0.1, 0.15) is 5.82 Å². The molecule has 0 aliphatic carbocycles. The minimum Gasteiger partial charge on any atom is -0.355 e. The number of nitrogens with zero attached hydrogens (tertiary/aromatic N) is 1. The zero-order chi connectivity index (χ0) is 16.5. The van der Waals surface area contributed by atoms with Crippen molar-refractivity contribution < 1.29 is 4.39 Å². The quantitative estimate of drug-likeness (QED) is 0.504. The van der Waals surface area contributed by atoms with Crippen molar-refractivity contribution in [3.05, 3.63) is 90.4 Å². The maximum absolute atomic E-state index is 13.1. The van der Waals surface area contributed by atoms with E-state index in [-0.39, 0.29) is 5.82 Å². The summed E-state index contributed by atoms with van der Waals surface area (Å²) in [6, 6.07) is 23.1. The Balaban J connectivity index is 1.74. The molecule has 0 amide bonds. The van der Waals surface area contributed by atoms with E-state index in [1.54, 1.807) is 12.1 Å². The standard InChI is InChI=1S/C21H17FN2/c1-15-6-11-19(24-13-12-16-4-2-3-5-21(16)24)14-20(15)23-18-9-7-17(22)8-10-18/h2-14,23H,1H3. The minimum absolute atomic E-state index is 0.232. The second-order valence-corrected chi connectivity index (χ2v) is 5.88. The number of hydrogen-bond acceptors (Lipinski definition) is 1. The van der Waals surface area contributed by atoms with Crippen LogP contribution in [0.25, 0.3) is 16.6 Å². The van der Waals surface area contributed by atoms with Gasteiger partial charge in [-0.15, -0.1) is 0 Å². The Morgan fingerprint density at radius 2 is 1.67 bits per heavy atom. The number of halogens is 1. The fourth-order valence-corrected chi connectivity index (χ4v) is 2.89. The highest BCUT2D eigenvalue weighted by atomic mass is 19.1. The topological polar surface area (TPSA) is 17.0 Å². The Hall–Kier alpha value is -3.07. The number of aromatic nitrogens is 1. The predicted molar refractivity (Wildman–Crippen MR) is 97.7 cm³/mol. The Bertz CT molecular complexity index is 1000. The van der Waals surface area contributed by atoms with Crippen molar-refractivity contribution in [3.8, 4) is 5.69 Å². The number of hydrogen-bond donors (Lipinski definition) is 1. The van der Waals surface area contributed by atoms with Crippen molar-refractivity contribution >= 4 is 22.3 Å². The molecule has 0 spiro atoms. The summed E-state index contributed by atoms with van der Waals surface area (Å²) in [6.45, 7) is 2.06. The van der Waals surface area contributed by atoms with Crippen LogP contribution in [-0.2, 0) is 0 Å². The summed E-state index contributed by atoms with van der Waals surface area (Å²) in [5.41, 5.74) is 5.28. The fourth-order valence-electron chi connectivity index (χ4n) is 2.89. The molecule has 1 N–H and O–H groups in total. The summed E-state index contributed by atoms with van der Waals surface area (Å²) in [5.74, 6) is -0.232. The van der Waals surface area contributed by atoms with Gasteiger partial charge in [-0.3, -0.25) is 0 Å². The second kappa shape index (κ2) is 5.85. The maximum atomic E-state index is 13.1. The Morgan fingerprint density at radius 3 is 2.50 bits per heavy atom. The van der Waals surface area contributed by atoms with Crippen molar-refractivity contribution in [2.24, 2.45) is 0 Å². The van der Waals surface area contributed by atoms with Gasteiger partial charge in [-0.05, 0) is 66.4 Å². The molecule has 0 bridgehead atoms. The van der Waals surface area contributed by atoms with Gasteiger partial charge in [0.25, 0.3) is 0 Å². The predicted octanol–water partition coefficient (Wildman–Crippen LogP) is 5.82. The minimum atomic E-state index is -0.232. The molecule has 118 valence electrons. The molecule has 0 saturated heterocycles. The number of rotatable bonds is 3. The van der Waals surface area contributed by atoms with Crippen LogP contribution in [0.1, 0.15) is 5.56 Å². The van der Waals surface area contributed by atoms with Crippen molar-refractivity contribution in [3.63, 3.8) is 0 Å². The number of anilines is 2. The van der Waals surface area contributed by atoms with Crippen molar-refractivity contribution in [2.75, 3.05) is 5.32 Å². The van der Waals surface area contributed by atoms with E-state index in [1.165, 1.54) is 23.0 Å². The molecule has 24 heavy (non-hydrogen) atoms. The van der Waals surface area contributed by atoms with E-state index < -0.39 is 0 Å². The number of para-hydroxylation sites is 1. The first kappa shape index (κ1) is 14.5. The van der Waals surface area contributed by atoms with Crippen LogP contribution in [0.4, 0.5) is 15.8 Å². The van der Waals surface area contributed by atoms with Crippen LogP contribution < -0.4 is 5.32 Å². The molecule has 2 nitrogen and oxygen atoms in total. The lowest BCUT2D eigenvalue weighted by atomic mass is 10.1. The third kappa shape index (κ3) is 2.65. The van der Waals surface area contributed by atoms with E-state index in [9.17, 15) is 4.39 Å². The van der Waals surface area contributed by atoms with Gasteiger partial charge < -0.3 is 9.88 Å². The molecule has 1 aromatic heterocycles. The van der Waals surface area contributed by atoms with Crippen LogP contribution in [-0.4, -0.2) is 4.57 Å². The van der Waals surface area contributed by atoms with Gasteiger partial charge >= 0.3 is 0 Å². The van der Waals surface area contributed by atoms with E-state index in [0.29, 0.717) is 0 Å². The highest BCUT2D eigenvalue weighted by Crippen LogP contribution is 2.26. The molecule has 4 aromatic rings. The van der Waals surface area contributed by atoms with E-state index in [0.717, 1.165) is 22.6 Å². The van der Waals surface area contributed by atoms with Gasteiger partial charge in [-0.2, -0.15) is 0 Å². The third-order valence-electron chi connectivity index (χ3n) is 4.22. The first-order valence-corrected chi connectivity index (χ1v) is 7.90. The SMILES string of the molecule is Cc1ccc(-n2ccc3ccccc32)cc1Nc1ccc(F)cc1. The summed E-state index contributed by atoms with van der Waals surface area (Å²) in [5, 5.41) is 4.58. The number of benzene rings is 3. The number of fused-ring (bicyclic) bond motifs is 1. The summed E-state index contributed by atoms with van der Waals surface area (Å²) < 4.78 is 15.2. The average Bonchev–Trinajstić information content (AvgIpc) is 3.03. The first-order chi connectivity index (χ1) is 11.7. The summed E-state index contributed by atoms with van der Waals surface area (Å²) in [4.78, 5) is 0. The van der Waals surface area contributed by atoms with E-state index in [2.05, 4.69) is 59.4 Å². The van der Waals surface area contributed by atoms with Crippen molar-refractivity contribution in [1.29, 1.82) is 0 Å². The number of aryl methyl sites for hydroxylation is 1. The van der Waals surface area contributed by atoms with E-state index in [1.807, 2.05) is 12.1 Å². The molecule has 0 fully saturated rings. The highest BCUT2D eigenvalue weighted by molar-refractivity contribution is 5.82. The normalized spacial score (nSPS) is 10.9. The molecule has 0 aliphatic rings. The van der Waals surface area contributed by atoms with Crippen LogP contribution in [0.3, 0.4) is 0 Å². The van der Waals surface area contributed by atoms with Crippen LogP contribution in [0, 0.1) is 12.7 Å². The van der Waals surface area contributed by atoms with Gasteiger partial charge in [0.15, 0.2) is 0 Å². The molecule has 3 heteroatoms. The zero-order valence-corrected chi connectivity index (χ0v) is 13.3. The first-order valence-electron chi connectivity index (χ1n) is 7.90. The molecule has 0 aliphatic heterocycles. The largest absolute Gasteiger partial charge is 0.355 e. The molecule has 0 atom stereocenters. The Morgan fingerprint density at radius 1 is 0.875 bits per heavy atom. The molecule has 0 radical (unpaired) electrons. The van der Waals surface area contributed by atoms with Gasteiger partial charge in [0.2, 0.25) is 0 Å². The van der Waals surface area contributed by atoms with Crippen molar-refractivity contribution in [1.82, 2.24) is 4.57 Å². The number of nitrogens with one attached hydrogen (secondary N) is 1. The molecule has 1 heterocycles. The monoisotopic (exact) mass is 316 g/mol. The smallest absolute Gasteiger partial charge is 0.123 e. The van der Waals surface area contributed by atoms with E-state index in [4.69, 9.17) is 0 Å². The van der Waals surface area contributed by atoms with Gasteiger partial charge in [0.05, 0.1) is 5.52 Å². The lowest BCUT2D eigenvalue weighted by Gasteiger charge is -2.13. The third-order valence-corrected chi connectivity index (χ3v) is 4.22. The fraction of sp³-hybridized carbons (Fsp3) is 0.0476. The van der Waals surface area contributed by atoms with Crippen LogP contribution in [0.15, 0.2) is 79.0 Å². The highest BCUT2D eigenvalue weighted by Gasteiger charge is 2.06. The molecule has 3 aromatic carbocycles. The Kier molecular flexibility index (Phi) is 3.54. The maximum Gasteiger partial charge on any atom is 0.123 e. The van der Waals surface area contributed by atoms with E-state index >= 15 is 0 Å². The molecular weight excluding hydrogens is 299 g/mol. The molecular formula is C21H17FN2. The molecule has 0 saturated carbocycles. The van der Waals surface area contributed by atoms with Crippen LogP contribution >= 0.6 is 0 Å². The van der Waals surface area contributed by atoms with Crippen LogP contribution in [0.2, 0.25) is 0 Å². The van der Waals surface area contributed by atoms with Crippen LogP contribution in [0.5, 0.6) is 0 Å². The zero-order valence-electron chi connectivity index (χ0n) is 13.3. The van der Waals surface area contributed by atoms with Gasteiger partial charge in [-0.1, -0.05) is 24.3 Å². The Labute approximate surface area is 140 Å². The van der Waals surface area contributed by atoms with Crippen molar-refractivity contribution in [2.45, 2.75) is 6.92 Å².